The molecule has 1 nitrogen and oxygen atoms in total. The van der Waals surface area contributed by atoms with Crippen molar-refractivity contribution in [2.24, 2.45) is 17.8 Å². The third-order valence-corrected chi connectivity index (χ3v) is 5.68. The molecule has 0 spiro atoms. The van der Waals surface area contributed by atoms with Crippen molar-refractivity contribution in [3.05, 3.63) is 34.6 Å². The van der Waals surface area contributed by atoms with E-state index in [4.69, 9.17) is 11.6 Å². The summed E-state index contributed by atoms with van der Waals surface area (Å²) < 4.78 is 13.2. The van der Waals surface area contributed by atoms with Crippen molar-refractivity contribution in [2.75, 3.05) is 0 Å². The van der Waals surface area contributed by atoms with Gasteiger partial charge in [-0.2, -0.15) is 0 Å². The molecule has 1 aromatic rings. The number of rotatable bonds is 4. The van der Waals surface area contributed by atoms with E-state index in [-0.39, 0.29) is 16.9 Å². The summed E-state index contributed by atoms with van der Waals surface area (Å²) in [6.45, 7) is 4.43. The zero-order valence-electron chi connectivity index (χ0n) is 12.2. The molecule has 0 amide bonds. The van der Waals surface area contributed by atoms with Gasteiger partial charge in [0.15, 0.2) is 0 Å². The van der Waals surface area contributed by atoms with E-state index in [2.05, 4.69) is 19.2 Å². The molecule has 20 heavy (non-hydrogen) atoms. The van der Waals surface area contributed by atoms with Crippen molar-refractivity contribution in [3.63, 3.8) is 0 Å². The Labute approximate surface area is 125 Å². The summed E-state index contributed by atoms with van der Waals surface area (Å²) in [6, 6.07) is 5.75. The minimum atomic E-state index is -0.344. The van der Waals surface area contributed by atoms with E-state index >= 15 is 0 Å². The Hall–Kier alpha value is -0.600. The lowest BCUT2D eigenvalue weighted by atomic mass is 9.83. The predicted molar refractivity (Wildman–Crippen MR) is 81.4 cm³/mol. The maximum atomic E-state index is 13.2. The van der Waals surface area contributed by atoms with E-state index < -0.39 is 0 Å². The van der Waals surface area contributed by atoms with Crippen LogP contribution in [-0.4, -0.2) is 6.04 Å². The second kappa shape index (κ2) is 5.65. The highest BCUT2D eigenvalue weighted by atomic mass is 35.5. The molecule has 5 atom stereocenters. The van der Waals surface area contributed by atoms with Crippen molar-refractivity contribution < 1.29 is 4.39 Å². The van der Waals surface area contributed by atoms with E-state index in [0.717, 1.165) is 23.3 Å². The summed E-state index contributed by atoms with van der Waals surface area (Å²) in [7, 11) is 0. The minimum absolute atomic E-state index is 0.210. The SMILES string of the molecule is CC(NC(C)C1CC2CCC1C2)c1ccc(F)c(Cl)c1. The Bertz CT molecular complexity index is 490. The standard InChI is InChI=1S/C17H23ClFN/c1-10(13-5-6-17(19)16(18)9-13)20-11(2)15-8-12-3-4-14(15)7-12/h5-6,9-12,14-15,20H,3-4,7-8H2,1-2H3. The number of hydrogen-bond acceptors (Lipinski definition) is 1. The second-order valence-corrected chi connectivity index (χ2v) is 7.10. The predicted octanol–water partition coefficient (Wildman–Crippen LogP) is 4.95. The molecule has 0 heterocycles. The Morgan fingerprint density at radius 1 is 1.25 bits per heavy atom. The molecule has 0 aromatic heterocycles. The summed E-state index contributed by atoms with van der Waals surface area (Å²) >= 11 is 5.87. The van der Waals surface area contributed by atoms with Crippen LogP contribution in [-0.2, 0) is 0 Å². The van der Waals surface area contributed by atoms with Crippen LogP contribution in [0.3, 0.4) is 0 Å². The molecule has 3 rings (SSSR count). The zero-order valence-corrected chi connectivity index (χ0v) is 13.0. The largest absolute Gasteiger partial charge is 0.307 e. The molecule has 0 radical (unpaired) electrons. The molecule has 1 aromatic carbocycles. The Balaban J connectivity index is 1.63. The van der Waals surface area contributed by atoms with Gasteiger partial charge in [-0.1, -0.05) is 24.1 Å². The summed E-state index contributed by atoms with van der Waals surface area (Å²) in [6.07, 6.45) is 5.68. The molecule has 2 aliphatic carbocycles. The van der Waals surface area contributed by atoms with Crippen LogP contribution in [0.1, 0.15) is 51.1 Å². The lowest BCUT2D eigenvalue weighted by Crippen LogP contribution is -2.37. The van der Waals surface area contributed by atoms with Gasteiger partial charge in [0.1, 0.15) is 5.82 Å². The van der Waals surface area contributed by atoms with Gasteiger partial charge in [0, 0.05) is 12.1 Å². The lowest BCUT2D eigenvalue weighted by molar-refractivity contribution is 0.248. The van der Waals surface area contributed by atoms with Gasteiger partial charge in [-0.3, -0.25) is 0 Å². The summed E-state index contributed by atoms with van der Waals surface area (Å²) in [5.74, 6) is 2.37. The van der Waals surface area contributed by atoms with Crippen LogP contribution < -0.4 is 5.32 Å². The van der Waals surface area contributed by atoms with Gasteiger partial charge in [0.25, 0.3) is 0 Å². The van der Waals surface area contributed by atoms with E-state index in [0.29, 0.717) is 6.04 Å². The number of benzene rings is 1. The van der Waals surface area contributed by atoms with E-state index in [9.17, 15) is 4.39 Å². The van der Waals surface area contributed by atoms with Crippen LogP contribution in [0, 0.1) is 23.6 Å². The minimum Gasteiger partial charge on any atom is -0.307 e. The molecule has 2 fully saturated rings. The first-order valence-corrected chi connectivity index (χ1v) is 8.13. The Morgan fingerprint density at radius 3 is 2.65 bits per heavy atom. The fraction of sp³-hybridized carbons (Fsp3) is 0.647. The smallest absolute Gasteiger partial charge is 0.141 e. The third-order valence-electron chi connectivity index (χ3n) is 5.39. The van der Waals surface area contributed by atoms with Crippen LogP contribution in [0.4, 0.5) is 4.39 Å². The number of nitrogens with one attached hydrogen (secondary N) is 1. The van der Waals surface area contributed by atoms with Crippen LogP contribution >= 0.6 is 11.6 Å². The molecule has 110 valence electrons. The molecule has 2 bridgehead atoms. The first kappa shape index (κ1) is 14.3. The maximum Gasteiger partial charge on any atom is 0.141 e. The van der Waals surface area contributed by atoms with Crippen molar-refractivity contribution in [3.8, 4) is 0 Å². The van der Waals surface area contributed by atoms with Crippen molar-refractivity contribution in [1.82, 2.24) is 5.32 Å². The molecule has 0 aliphatic heterocycles. The molecular formula is C17H23ClFN. The summed E-state index contributed by atoms with van der Waals surface area (Å²) in [5, 5.41) is 3.90. The average molecular weight is 296 g/mol. The summed E-state index contributed by atoms with van der Waals surface area (Å²) in [5.41, 5.74) is 1.06. The van der Waals surface area contributed by atoms with E-state index in [1.54, 1.807) is 6.07 Å². The first-order chi connectivity index (χ1) is 9.54. The maximum absolute atomic E-state index is 13.2. The van der Waals surface area contributed by atoms with Gasteiger partial charge >= 0.3 is 0 Å². The van der Waals surface area contributed by atoms with E-state index in [1.807, 2.05) is 6.07 Å². The molecule has 1 N–H and O–H groups in total. The second-order valence-electron chi connectivity index (χ2n) is 6.69. The van der Waals surface area contributed by atoms with Crippen LogP contribution in [0.2, 0.25) is 5.02 Å². The molecule has 3 heteroatoms. The molecule has 2 aliphatic rings. The van der Waals surface area contributed by atoms with Gasteiger partial charge in [-0.25, -0.2) is 4.39 Å². The van der Waals surface area contributed by atoms with Crippen LogP contribution in [0.25, 0.3) is 0 Å². The topological polar surface area (TPSA) is 12.0 Å². The number of hydrogen-bond donors (Lipinski definition) is 1. The normalized spacial score (nSPS) is 31.5. The Morgan fingerprint density at radius 2 is 2.05 bits per heavy atom. The highest BCUT2D eigenvalue weighted by Gasteiger charge is 2.41. The van der Waals surface area contributed by atoms with Gasteiger partial charge < -0.3 is 5.32 Å². The lowest BCUT2D eigenvalue weighted by Gasteiger charge is -2.31. The number of halogens is 2. The number of fused-ring (bicyclic) bond motifs is 2. The van der Waals surface area contributed by atoms with E-state index in [1.165, 1.54) is 31.7 Å². The van der Waals surface area contributed by atoms with Crippen LogP contribution in [0.15, 0.2) is 18.2 Å². The monoisotopic (exact) mass is 295 g/mol. The fourth-order valence-corrected chi connectivity index (χ4v) is 4.49. The van der Waals surface area contributed by atoms with Crippen molar-refractivity contribution >= 4 is 11.6 Å². The van der Waals surface area contributed by atoms with Gasteiger partial charge in [-0.05, 0) is 68.6 Å². The Kier molecular flexibility index (Phi) is 4.05. The molecular weight excluding hydrogens is 273 g/mol. The first-order valence-electron chi connectivity index (χ1n) is 7.75. The molecule has 0 saturated heterocycles. The van der Waals surface area contributed by atoms with Gasteiger partial charge in [-0.15, -0.1) is 0 Å². The summed E-state index contributed by atoms with van der Waals surface area (Å²) in [4.78, 5) is 0. The van der Waals surface area contributed by atoms with Crippen molar-refractivity contribution in [1.29, 1.82) is 0 Å². The average Bonchev–Trinajstić information content (AvgIpc) is 3.04. The zero-order chi connectivity index (χ0) is 14.3. The fourth-order valence-electron chi connectivity index (χ4n) is 4.30. The van der Waals surface area contributed by atoms with Gasteiger partial charge in [0.2, 0.25) is 0 Å². The quantitative estimate of drug-likeness (QED) is 0.828. The van der Waals surface area contributed by atoms with Crippen molar-refractivity contribution in [2.45, 2.75) is 51.6 Å². The van der Waals surface area contributed by atoms with Crippen LogP contribution in [0.5, 0.6) is 0 Å². The van der Waals surface area contributed by atoms with Gasteiger partial charge in [0.05, 0.1) is 5.02 Å². The molecule has 5 unspecified atom stereocenters. The molecule has 2 saturated carbocycles. The highest BCUT2D eigenvalue weighted by molar-refractivity contribution is 6.30. The highest BCUT2D eigenvalue weighted by Crippen LogP contribution is 2.49. The third kappa shape index (κ3) is 2.73.